The average Bonchev–Trinajstić information content (AvgIpc) is 3.22. The van der Waals surface area contributed by atoms with Gasteiger partial charge in [-0.25, -0.2) is 4.57 Å². The van der Waals surface area contributed by atoms with Crippen LogP contribution >= 0.6 is 7.82 Å². The molecule has 0 aliphatic rings. The Morgan fingerprint density at radius 3 is 1.66 bits per heavy atom. The van der Waals surface area contributed by atoms with Crippen molar-refractivity contribution >= 4 is 19.8 Å². The van der Waals surface area contributed by atoms with Crippen LogP contribution in [0.1, 0.15) is 142 Å². The minimum absolute atomic E-state index is 0.0847. The van der Waals surface area contributed by atoms with Crippen molar-refractivity contribution < 1.29 is 58.0 Å². The van der Waals surface area contributed by atoms with Crippen LogP contribution in [-0.4, -0.2) is 88.1 Å². The van der Waals surface area contributed by atoms with E-state index in [2.05, 4.69) is 85.2 Å². The lowest BCUT2D eigenvalue weighted by atomic mass is 10.0. The van der Waals surface area contributed by atoms with E-state index < -0.39 is 70.6 Å². The fraction of sp³-hybridized carbons (Fsp3) is 0.652. The highest BCUT2D eigenvalue weighted by Crippen LogP contribution is 2.43. The molecule has 0 saturated heterocycles. The lowest BCUT2D eigenvalue weighted by Gasteiger charge is -2.20. The number of rotatable bonds is 39. The van der Waals surface area contributed by atoms with E-state index in [0.29, 0.717) is 12.8 Å². The van der Waals surface area contributed by atoms with E-state index in [1.807, 2.05) is 18.2 Å². The van der Waals surface area contributed by atoms with Gasteiger partial charge in [0, 0.05) is 12.8 Å². The number of allylic oxidation sites excluding steroid dienone is 13. The molecule has 0 radical (unpaired) electrons. The van der Waals surface area contributed by atoms with Crippen LogP contribution in [0.15, 0.2) is 85.1 Å². The van der Waals surface area contributed by atoms with Crippen molar-refractivity contribution in [2.75, 3.05) is 26.4 Å². The van der Waals surface area contributed by atoms with Gasteiger partial charge in [0.25, 0.3) is 0 Å². The quantitative estimate of drug-likeness (QED) is 0.0171. The molecule has 1 unspecified atom stereocenters. The largest absolute Gasteiger partial charge is 0.472 e. The second-order valence-corrected chi connectivity index (χ2v) is 15.7. The lowest BCUT2D eigenvalue weighted by Crippen LogP contribution is -2.30. The highest BCUT2D eigenvalue weighted by atomic mass is 31.2. The van der Waals surface area contributed by atoms with E-state index in [9.17, 15) is 34.4 Å². The van der Waals surface area contributed by atoms with E-state index in [1.165, 1.54) is 19.3 Å². The molecule has 0 aliphatic carbocycles. The van der Waals surface area contributed by atoms with Gasteiger partial charge in [-0.15, -0.1) is 0 Å². The number of ether oxygens (including phenoxy) is 2. The Balaban J connectivity index is 4.60. The Bertz CT molecular complexity index is 1290. The zero-order valence-corrected chi connectivity index (χ0v) is 36.8. The summed E-state index contributed by atoms with van der Waals surface area (Å²) in [5, 5.41) is 39.0. The summed E-state index contributed by atoms with van der Waals surface area (Å²) in [5.41, 5.74) is 0. The molecule has 0 amide bonds. The number of aliphatic hydroxyl groups excluding tert-OH is 4. The molecule has 5 atom stereocenters. The Labute approximate surface area is 355 Å². The zero-order chi connectivity index (χ0) is 43.7. The monoisotopic (exact) mass is 853 g/mol. The van der Waals surface area contributed by atoms with Gasteiger partial charge in [-0.3, -0.25) is 18.6 Å². The summed E-state index contributed by atoms with van der Waals surface area (Å²) in [4.78, 5) is 35.0. The maximum atomic E-state index is 12.6. The van der Waals surface area contributed by atoms with Gasteiger partial charge >= 0.3 is 19.8 Å². The van der Waals surface area contributed by atoms with E-state index in [1.54, 1.807) is 0 Å². The molecule has 0 aromatic rings. The second kappa shape index (κ2) is 40.5. The Hall–Kier alpha value is -2.93. The number of aliphatic hydroxyl groups is 4. The number of carbonyl (C=O) groups is 2. The van der Waals surface area contributed by atoms with Crippen LogP contribution < -0.4 is 0 Å². The van der Waals surface area contributed by atoms with Gasteiger partial charge in [0.05, 0.1) is 32.0 Å². The second-order valence-electron chi connectivity index (χ2n) is 14.3. The number of esters is 2. The smallest absolute Gasteiger partial charge is 0.462 e. The molecule has 0 saturated carbocycles. The molecule has 0 aromatic heterocycles. The summed E-state index contributed by atoms with van der Waals surface area (Å²) in [6.07, 6.45) is 40.0. The average molecular weight is 853 g/mol. The maximum Gasteiger partial charge on any atom is 0.472 e. The first-order chi connectivity index (χ1) is 28.5. The number of hydrogen-bond acceptors (Lipinski definition) is 11. The summed E-state index contributed by atoms with van der Waals surface area (Å²) < 4.78 is 32.5. The lowest BCUT2D eigenvalue weighted by molar-refractivity contribution is -0.161. The minimum Gasteiger partial charge on any atom is -0.462 e. The van der Waals surface area contributed by atoms with Crippen LogP contribution in [0.3, 0.4) is 0 Å². The van der Waals surface area contributed by atoms with E-state index >= 15 is 0 Å². The summed E-state index contributed by atoms with van der Waals surface area (Å²) in [6, 6.07) is 0. The van der Waals surface area contributed by atoms with Crippen LogP contribution in [0, 0.1) is 0 Å². The van der Waals surface area contributed by atoms with Crippen molar-refractivity contribution in [2.24, 2.45) is 0 Å². The molecule has 0 aliphatic heterocycles. The standard InChI is InChI=1S/C46H77O12P/c1-3-5-7-9-11-13-15-17-18-19-20-21-23-25-27-29-31-35-46(52)58-42(40-57-59(53,54)56-38-41(48)37-47)39-55-45(51)36-32-34-44(50)43(49)33-30-28-26-24-22-16-14-12-10-8-6-4-2/h6,8,11-14,17-18,20-22,24,28,30,41-44,47-50H,3-5,7,9-10,15-16,19,23,25-27,29,31-40H2,1-2H3,(H,53,54)/b8-6-,13-11-,14-12-,18-17-,21-20-,24-22-,30-28-/t41-,42+,43-,44-/m0/s1. The molecule has 0 rings (SSSR count). The highest BCUT2D eigenvalue weighted by molar-refractivity contribution is 7.47. The van der Waals surface area contributed by atoms with Gasteiger partial charge in [0.15, 0.2) is 6.10 Å². The fourth-order valence-corrected chi connectivity index (χ4v) is 6.05. The predicted molar refractivity (Wildman–Crippen MR) is 235 cm³/mol. The van der Waals surface area contributed by atoms with Gasteiger partial charge in [0.2, 0.25) is 0 Å². The molecule has 0 spiro atoms. The first-order valence-corrected chi connectivity index (χ1v) is 23.2. The van der Waals surface area contributed by atoms with Crippen molar-refractivity contribution in [1.29, 1.82) is 0 Å². The number of hydrogen-bond donors (Lipinski definition) is 5. The van der Waals surface area contributed by atoms with Crippen molar-refractivity contribution in [3.63, 3.8) is 0 Å². The molecule has 0 fully saturated rings. The first kappa shape index (κ1) is 56.1. The van der Waals surface area contributed by atoms with Gasteiger partial charge in [-0.2, -0.15) is 0 Å². The molecule has 0 bridgehead atoms. The third-order valence-corrected chi connectivity index (χ3v) is 9.69. The van der Waals surface area contributed by atoms with E-state index in [0.717, 1.165) is 64.2 Å². The number of phosphoric acid groups is 1. The fourth-order valence-electron chi connectivity index (χ4n) is 5.26. The molecular weight excluding hydrogens is 775 g/mol. The summed E-state index contributed by atoms with van der Waals surface area (Å²) in [7, 11) is -4.70. The van der Waals surface area contributed by atoms with Crippen LogP contribution in [0.25, 0.3) is 0 Å². The van der Waals surface area contributed by atoms with E-state index in [4.69, 9.17) is 19.1 Å². The first-order valence-electron chi connectivity index (χ1n) is 21.7. The third kappa shape index (κ3) is 39.0. The summed E-state index contributed by atoms with van der Waals surface area (Å²) in [6.45, 7) is 1.85. The van der Waals surface area contributed by atoms with Gasteiger partial charge < -0.3 is 34.8 Å². The van der Waals surface area contributed by atoms with Gasteiger partial charge in [-0.05, 0) is 89.9 Å². The molecule has 12 nitrogen and oxygen atoms in total. The van der Waals surface area contributed by atoms with Crippen LogP contribution in [0.4, 0.5) is 0 Å². The van der Waals surface area contributed by atoms with Crippen molar-refractivity contribution in [3.05, 3.63) is 85.1 Å². The minimum atomic E-state index is -4.70. The van der Waals surface area contributed by atoms with Crippen molar-refractivity contribution in [3.8, 4) is 0 Å². The molecule has 59 heavy (non-hydrogen) atoms. The molecule has 5 N–H and O–H groups in total. The summed E-state index contributed by atoms with van der Waals surface area (Å²) in [5.74, 6) is -1.25. The Morgan fingerprint density at radius 2 is 1.08 bits per heavy atom. The molecular formula is C46H77O12P. The normalized spacial score (nSPS) is 15.7. The molecule has 0 aromatic carbocycles. The van der Waals surface area contributed by atoms with Gasteiger partial charge in [0.1, 0.15) is 12.7 Å². The van der Waals surface area contributed by atoms with Crippen molar-refractivity contribution in [1.82, 2.24) is 0 Å². The number of carbonyl (C=O) groups excluding carboxylic acids is 2. The number of phosphoric ester groups is 1. The molecule has 338 valence electrons. The third-order valence-electron chi connectivity index (χ3n) is 8.73. The molecule has 13 heteroatoms. The Kier molecular flexibility index (Phi) is 38.5. The molecule has 0 heterocycles. The summed E-state index contributed by atoms with van der Waals surface area (Å²) >= 11 is 0. The zero-order valence-electron chi connectivity index (χ0n) is 35.9. The Morgan fingerprint density at radius 1 is 0.576 bits per heavy atom. The van der Waals surface area contributed by atoms with Crippen LogP contribution in [0.2, 0.25) is 0 Å². The van der Waals surface area contributed by atoms with E-state index in [-0.39, 0.29) is 32.1 Å². The van der Waals surface area contributed by atoms with Crippen molar-refractivity contribution in [2.45, 2.75) is 167 Å². The van der Waals surface area contributed by atoms with Gasteiger partial charge in [-0.1, -0.05) is 125 Å². The maximum absolute atomic E-state index is 12.6. The topological polar surface area (TPSA) is 189 Å². The van der Waals surface area contributed by atoms with Crippen LogP contribution in [-0.2, 0) is 32.7 Å². The number of unbranched alkanes of at least 4 members (excludes halogenated alkanes) is 7. The predicted octanol–water partition coefficient (Wildman–Crippen LogP) is 9.39. The van der Waals surface area contributed by atoms with Crippen LogP contribution in [0.5, 0.6) is 0 Å². The highest BCUT2D eigenvalue weighted by Gasteiger charge is 2.27. The SMILES string of the molecule is CC/C=C\C/C=C\C/C=C\C/C=C\C[C@H](O)[C@@H](O)CCCC(=O)OC[C@H](COP(=O)(O)OC[C@@H](O)CO)OC(=O)CCCCCC/C=C\C/C=C\C/C=C\CCCCC.